The Morgan fingerprint density at radius 1 is 1.38 bits per heavy atom. The van der Waals surface area contributed by atoms with Gasteiger partial charge in [-0.05, 0) is 37.8 Å². The van der Waals surface area contributed by atoms with Crippen molar-refractivity contribution in [3.63, 3.8) is 0 Å². The molecule has 0 heterocycles. The van der Waals surface area contributed by atoms with Gasteiger partial charge in [-0.3, -0.25) is 10.1 Å². The molecule has 1 aromatic carbocycles. The standard InChI is InChI=1S/C16H26N2O3/c1-5-10-17-15(12(2)3)8-6-13-11-14(18(19)20)7-9-16(13)21-4/h7,9,11-12,15,17H,5-6,8,10H2,1-4H3. The van der Waals surface area contributed by atoms with Crippen LogP contribution in [-0.4, -0.2) is 24.6 Å². The van der Waals surface area contributed by atoms with Crippen LogP contribution in [-0.2, 0) is 6.42 Å². The lowest BCUT2D eigenvalue weighted by Gasteiger charge is -2.22. The van der Waals surface area contributed by atoms with Crippen molar-refractivity contribution in [2.24, 2.45) is 5.92 Å². The summed E-state index contributed by atoms with van der Waals surface area (Å²) in [6.07, 6.45) is 2.81. The molecule has 21 heavy (non-hydrogen) atoms. The highest BCUT2D eigenvalue weighted by molar-refractivity contribution is 5.43. The lowest BCUT2D eigenvalue weighted by molar-refractivity contribution is -0.384. The first kappa shape index (κ1) is 17.4. The third-order valence-electron chi connectivity index (χ3n) is 3.66. The highest BCUT2D eigenvalue weighted by Crippen LogP contribution is 2.26. The van der Waals surface area contributed by atoms with Gasteiger partial charge in [0.2, 0.25) is 0 Å². The summed E-state index contributed by atoms with van der Waals surface area (Å²) in [5.74, 6) is 1.25. The van der Waals surface area contributed by atoms with Gasteiger partial charge in [-0.25, -0.2) is 0 Å². The SMILES string of the molecule is CCCNC(CCc1cc([N+](=O)[O-])ccc1OC)C(C)C. The number of nitrogens with one attached hydrogen (secondary N) is 1. The van der Waals surface area contributed by atoms with Crippen LogP contribution < -0.4 is 10.1 Å². The summed E-state index contributed by atoms with van der Waals surface area (Å²) >= 11 is 0. The fourth-order valence-electron chi connectivity index (χ4n) is 2.39. The lowest BCUT2D eigenvalue weighted by Crippen LogP contribution is -2.34. The second-order valence-corrected chi connectivity index (χ2v) is 5.60. The molecule has 0 radical (unpaired) electrons. The molecule has 0 aliphatic carbocycles. The first-order valence-electron chi connectivity index (χ1n) is 7.54. The predicted molar refractivity (Wildman–Crippen MR) is 84.9 cm³/mol. The molecule has 5 nitrogen and oxygen atoms in total. The molecule has 1 aromatic rings. The van der Waals surface area contributed by atoms with E-state index in [1.165, 1.54) is 6.07 Å². The Labute approximate surface area is 126 Å². The second kappa shape index (κ2) is 8.62. The summed E-state index contributed by atoms with van der Waals surface area (Å²) in [5, 5.41) is 14.4. The van der Waals surface area contributed by atoms with Crippen molar-refractivity contribution in [3.05, 3.63) is 33.9 Å². The van der Waals surface area contributed by atoms with Crippen molar-refractivity contribution in [3.8, 4) is 5.75 Å². The zero-order valence-corrected chi connectivity index (χ0v) is 13.4. The van der Waals surface area contributed by atoms with Crippen LogP contribution in [0.25, 0.3) is 0 Å². The molecule has 1 N–H and O–H groups in total. The summed E-state index contributed by atoms with van der Waals surface area (Å²) in [6.45, 7) is 7.53. The minimum absolute atomic E-state index is 0.119. The summed E-state index contributed by atoms with van der Waals surface area (Å²) < 4.78 is 5.31. The summed E-state index contributed by atoms with van der Waals surface area (Å²) in [6, 6.07) is 5.19. The van der Waals surface area contributed by atoms with Crippen LogP contribution in [0.3, 0.4) is 0 Å². The number of hydrogen-bond donors (Lipinski definition) is 1. The molecule has 0 aromatic heterocycles. The van der Waals surface area contributed by atoms with Crippen LogP contribution in [0, 0.1) is 16.0 Å². The van der Waals surface area contributed by atoms with Crippen molar-refractivity contribution in [1.82, 2.24) is 5.32 Å². The van der Waals surface area contributed by atoms with Gasteiger partial charge in [0.05, 0.1) is 12.0 Å². The minimum atomic E-state index is -0.363. The molecular weight excluding hydrogens is 268 g/mol. The van der Waals surface area contributed by atoms with E-state index in [1.54, 1.807) is 19.2 Å². The number of nitro groups is 1. The third kappa shape index (κ3) is 5.34. The third-order valence-corrected chi connectivity index (χ3v) is 3.66. The molecule has 118 valence electrons. The van der Waals surface area contributed by atoms with E-state index in [2.05, 4.69) is 26.1 Å². The van der Waals surface area contributed by atoms with Gasteiger partial charge < -0.3 is 10.1 Å². The first-order chi connectivity index (χ1) is 9.99. The van der Waals surface area contributed by atoms with Crippen LogP contribution in [0.1, 0.15) is 39.2 Å². The minimum Gasteiger partial charge on any atom is -0.496 e. The van der Waals surface area contributed by atoms with Crippen molar-refractivity contribution >= 4 is 5.69 Å². The van der Waals surface area contributed by atoms with Crippen molar-refractivity contribution < 1.29 is 9.66 Å². The molecule has 1 rings (SSSR count). The topological polar surface area (TPSA) is 64.4 Å². The highest BCUT2D eigenvalue weighted by Gasteiger charge is 2.16. The Hall–Kier alpha value is -1.62. The number of methoxy groups -OCH3 is 1. The van der Waals surface area contributed by atoms with E-state index in [0.717, 1.165) is 37.1 Å². The molecule has 0 saturated carbocycles. The van der Waals surface area contributed by atoms with Gasteiger partial charge in [0.1, 0.15) is 5.75 Å². The molecule has 0 aliphatic heterocycles. The van der Waals surface area contributed by atoms with E-state index in [1.807, 2.05) is 0 Å². The molecule has 0 saturated heterocycles. The monoisotopic (exact) mass is 294 g/mol. The van der Waals surface area contributed by atoms with Crippen LogP contribution >= 0.6 is 0 Å². The quantitative estimate of drug-likeness (QED) is 0.558. The molecule has 1 unspecified atom stereocenters. The smallest absolute Gasteiger partial charge is 0.269 e. The Kier molecular flexibility index (Phi) is 7.15. The summed E-state index contributed by atoms with van der Waals surface area (Å²) in [5.41, 5.74) is 1.02. The zero-order valence-electron chi connectivity index (χ0n) is 13.4. The number of aryl methyl sites for hydroxylation is 1. The lowest BCUT2D eigenvalue weighted by atomic mass is 9.96. The summed E-state index contributed by atoms with van der Waals surface area (Å²) in [7, 11) is 1.60. The molecule has 5 heteroatoms. The summed E-state index contributed by atoms with van der Waals surface area (Å²) in [4.78, 5) is 10.5. The predicted octanol–water partition coefficient (Wildman–Crippen LogP) is 3.56. The maximum absolute atomic E-state index is 10.9. The van der Waals surface area contributed by atoms with Gasteiger partial charge in [0, 0.05) is 23.7 Å². The van der Waals surface area contributed by atoms with Crippen LogP contribution in [0.5, 0.6) is 5.75 Å². The molecule has 0 bridgehead atoms. The number of benzene rings is 1. The largest absolute Gasteiger partial charge is 0.496 e. The van der Waals surface area contributed by atoms with E-state index < -0.39 is 0 Å². The first-order valence-corrected chi connectivity index (χ1v) is 7.54. The van der Waals surface area contributed by atoms with Crippen molar-refractivity contribution in [2.45, 2.75) is 46.1 Å². The molecule has 0 aliphatic rings. The number of rotatable bonds is 9. The van der Waals surface area contributed by atoms with Gasteiger partial charge in [0.25, 0.3) is 5.69 Å². The Balaban J connectivity index is 2.79. The Morgan fingerprint density at radius 2 is 2.10 bits per heavy atom. The van der Waals surface area contributed by atoms with E-state index in [0.29, 0.717) is 12.0 Å². The maximum atomic E-state index is 10.9. The number of non-ortho nitro benzene ring substituents is 1. The molecule has 1 atom stereocenters. The van der Waals surface area contributed by atoms with Crippen LogP contribution in [0.15, 0.2) is 18.2 Å². The number of nitrogens with zero attached hydrogens (tertiary/aromatic N) is 1. The van der Waals surface area contributed by atoms with Gasteiger partial charge in [0.15, 0.2) is 0 Å². The number of ether oxygens (including phenoxy) is 1. The van der Waals surface area contributed by atoms with E-state index in [9.17, 15) is 10.1 Å². The Morgan fingerprint density at radius 3 is 2.62 bits per heavy atom. The fourth-order valence-corrected chi connectivity index (χ4v) is 2.39. The van der Waals surface area contributed by atoms with Gasteiger partial charge >= 0.3 is 0 Å². The number of nitro benzene ring substituents is 1. The number of hydrogen-bond acceptors (Lipinski definition) is 4. The normalized spacial score (nSPS) is 12.4. The molecule has 0 fully saturated rings. The Bertz CT molecular complexity index is 461. The van der Waals surface area contributed by atoms with E-state index in [-0.39, 0.29) is 10.6 Å². The average molecular weight is 294 g/mol. The molecule has 0 spiro atoms. The van der Waals surface area contributed by atoms with Gasteiger partial charge in [-0.1, -0.05) is 20.8 Å². The van der Waals surface area contributed by atoms with Crippen molar-refractivity contribution in [1.29, 1.82) is 0 Å². The molecular formula is C16H26N2O3. The van der Waals surface area contributed by atoms with Gasteiger partial charge in [-0.15, -0.1) is 0 Å². The molecule has 0 amide bonds. The zero-order chi connectivity index (χ0) is 15.8. The highest BCUT2D eigenvalue weighted by atomic mass is 16.6. The van der Waals surface area contributed by atoms with E-state index in [4.69, 9.17) is 4.74 Å². The van der Waals surface area contributed by atoms with Crippen LogP contribution in [0.4, 0.5) is 5.69 Å². The van der Waals surface area contributed by atoms with Crippen molar-refractivity contribution in [2.75, 3.05) is 13.7 Å². The van der Waals surface area contributed by atoms with Crippen LogP contribution in [0.2, 0.25) is 0 Å². The van der Waals surface area contributed by atoms with E-state index >= 15 is 0 Å². The average Bonchev–Trinajstić information content (AvgIpc) is 2.46. The van der Waals surface area contributed by atoms with Gasteiger partial charge in [-0.2, -0.15) is 0 Å². The second-order valence-electron chi connectivity index (χ2n) is 5.60. The maximum Gasteiger partial charge on any atom is 0.269 e. The fraction of sp³-hybridized carbons (Fsp3) is 0.625.